The number of β-amino-alcohol motifs (C(OH)–C–C–N with tert-alkyl or cyclic N) is 1. The van der Waals surface area contributed by atoms with Gasteiger partial charge in [0, 0.05) is 49.4 Å². The second-order valence-electron chi connectivity index (χ2n) is 11.1. The lowest BCUT2D eigenvalue weighted by Crippen LogP contribution is -2.57. The molecule has 4 heterocycles. The molecule has 5 rings (SSSR count). The fourth-order valence-corrected chi connectivity index (χ4v) is 8.15. The van der Waals surface area contributed by atoms with Crippen molar-refractivity contribution in [1.82, 2.24) is 14.5 Å². The van der Waals surface area contributed by atoms with E-state index >= 15 is 0 Å². The maximum Gasteiger partial charge on any atom is 0.247 e. The van der Waals surface area contributed by atoms with Crippen molar-refractivity contribution in [3.05, 3.63) is 29.8 Å². The maximum atomic E-state index is 13.3. The van der Waals surface area contributed by atoms with Gasteiger partial charge in [-0.3, -0.25) is 19.3 Å². The van der Waals surface area contributed by atoms with Gasteiger partial charge in [-0.25, -0.2) is 8.42 Å². The Morgan fingerprint density at radius 3 is 2.41 bits per heavy atom. The zero-order chi connectivity index (χ0) is 26.5. The van der Waals surface area contributed by atoms with Crippen LogP contribution in [0, 0.1) is 5.92 Å². The van der Waals surface area contributed by atoms with Crippen LogP contribution in [0.5, 0.6) is 0 Å². The molecule has 0 aliphatic carbocycles. The lowest BCUT2D eigenvalue weighted by Gasteiger charge is -2.41. The molecule has 10 nitrogen and oxygen atoms in total. The highest BCUT2D eigenvalue weighted by Gasteiger charge is 2.47. The molecule has 0 saturated carbocycles. The fourth-order valence-electron chi connectivity index (χ4n) is 6.59. The summed E-state index contributed by atoms with van der Waals surface area (Å²) in [5.41, 5.74) is 0.933. The number of para-hydroxylation sites is 1. The van der Waals surface area contributed by atoms with Crippen LogP contribution in [0.3, 0.4) is 0 Å². The molecular weight excluding hydrogens is 496 g/mol. The highest BCUT2D eigenvalue weighted by Crippen LogP contribution is 2.37. The largest absolute Gasteiger partial charge is 0.390 e. The van der Waals surface area contributed by atoms with E-state index in [4.69, 9.17) is 0 Å². The third-order valence-electron chi connectivity index (χ3n) is 8.22. The highest BCUT2D eigenvalue weighted by molar-refractivity contribution is 7.89. The second-order valence-corrected chi connectivity index (χ2v) is 13.1. The van der Waals surface area contributed by atoms with Crippen LogP contribution in [0.15, 0.2) is 24.3 Å². The van der Waals surface area contributed by atoms with Crippen molar-refractivity contribution in [2.45, 2.75) is 76.2 Å². The lowest BCUT2D eigenvalue weighted by molar-refractivity contribution is -0.132. The predicted molar refractivity (Wildman–Crippen MR) is 138 cm³/mol. The molecule has 3 fully saturated rings. The van der Waals surface area contributed by atoms with E-state index in [1.54, 1.807) is 24.3 Å². The maximum absolute atomic E-state index is 13.3. The molecule has 5 atom stereocenters. The van der Waals surface area contributed by atoms with Crippen molar-refractivity contribution >= 4 is 33.3 Å². The van der Waals surface area contributed by atoms with Crippen LogP contribution in [-0.2, 0) is 19.6 Å². The zero-order valence-electron chi connectivity index (χ0n) is 21.4. The second kappa shape index (κ2) is 10.1. The minimum atomic E-state index is -3.26. The summed E-state index contributed by atoms with van der Waals surface area (Å²) >= 11 is 0. The number of aliphatic hydroxyl groups excluding tert-OH is 1. The summed E-state index contributed by atoms with van der Waals surface area (Å²) in [6.07, 6.45) is 3.01. The molecule has 2 N–H and O–H groups in total. The van der Waals surface area contributed by atoms with E-state index in [0.717, 1.165) is 12.8 Å². The normalized spacial score (nSPS) is 30.5. The Labute approximate surface area is 218 Å². The summed E-state index contributed by atoms with van der Waals surface area (Å²) in [4.78, 5) is 43.6. The van der Waals surface area contributed by atoms with Gasteiger partial charge in [0.25, 0.3) is 0 Å². The monoisotopic (exact) mass is 532 g/mol. The van der Waals surface area contributed by atoms with Crippen LogP contribution in [-0.4, -0.2) is 96.0 Å². The average molecular weight is 533 g/mol. The molecule has 0 spiro atoms. The lowest BCUT2D eigenvalue weighted by atomic mass is 9.88. The number of rotatable bonds is 7. The molecule has 37 heavy (non-hydrogen) atoms. The molecular formula is C26H36N4O6S. The van der Waals surface area contributed by atoms with Crippen molar-refractivity contribution < 1.29 is 27.9 Å². The zero-order valence-corrected chi connectivity index (χ0v) is 22.2. The van der Waals surface area contributed by atoms with Gasteiger partial charge < -0.3 is 15.3 Å². The highest BCUT2D eigenvalue weighted by atomic mass is 32.2. The Balaban J connectivity index is 1.22. The van der Waals surface area contributed by atoms with Gasteiger partial charge in [0.1, 0.15) is 0 Å². The SMILES string of the molecule is CC(C)N1C(=O)C(C(=O)NC2C[C@H]3CC[C@@H](C2)N3CC(O)CN2CCCS2(=O)=O)C(=O)c2ccccc21. The van der Waals surface area contributed by atoms with E-state index in [0.29, 0.717) is 43.6 Å². The van der Waals surface area contributed by atoms with Gasteiger partial charge in [0.15, 0.2) is 11.7 Å². The molecule has 3 unspecified atom stereocenters. The minimum Gasteiger partial charge on any atom is -0.390 e. The number of carbonyl (C=O) groups is 3. The number of sulfonamides is 1. The number of carbonyl (C=O) groups excluding carboxylic acids is 3. The number of amides is 2. The number of hydrogen-bond acceptors (Lipinski definition) is 7. The number of benzene rings is 1. The molecule has 2 amide bonds. The molecule has 1 aromatic rings. The van der Waals surface area contributed by atoms with Crippen LogP contribution < -0.4 is 10.2 Å². The molecule has 11 heteroatoms. The number of ketones is 1. The summed E-state index contributed by atoms with van der Waals surface area (Å²) in [5.74, 6) is -2.75. The van der Waals surface area contributed by atoms with E-state index in [1.807, 2.05) is 13.8 Å². The Hall–Kier alpha value is -2.34. The van der Waals surface area contributed by atoms with Crippen molar-refractivity contribution in [2.24, 2.45) is 5.92 Å². The van der Waals surface area contributed by atoms with E-state index in [-0.39, 0.29) is 36.5 Å². The Morgan fingerprint density at radius 2 is 1.78 bits per heavy atom. The molecule has 4 aliphatic rings. The summed E-state index contributed by atoms with van der Waals surface area (Å²) in [7, 11) is -3.26. The Kier molecular flexibility index (Phi) is 7.16. The van der Waals surface area contributed by atoms with Crippen molar-refractivity contribution in [3.63, 3.8) is 0 Å². The summed E-state index contributed by atoms with van der Waals surface area (Å²) < 4.78 is 25.6. The first-order chi connectivity index (χ1) is 17.6. The summed E-state index contributed by atoms with van der Waals surface area (Å²) in [5, 5.41) is 13.6. The van der Waals surface area contributed by atoms with E-state index < -0.39 is 39.6 Å². The number of aliphatic hydroxyl groups is 1. The average Bonchev–Trinajstić information content (AvgIpc) is 3.26. The quantitative estimate of drug-likeness (QED) is 0.496. The van der Waals surface area contributed by atoms with Gasteiger partial charge in [-0.15, -0.1) is 0 Å². The molecule has 4 aliphatic heterocycles. The van der Waals surface area contributed by atoms with Gasteiger partial charge in [0.05, 0.1) is 17.5 Å². The topological polar surface area (TPSA) is 127 Å². The minimum absolute atomic E-state index is 0.109. The molecule has 202 valence electrons. The number of piperidine rings is 1. The standard InChI is InChI=1S/C26H36N4O6S/c1-16(2)30-22-7-4-3-6-21(22)24(32)23(26(30)34)25(33)27-17-12-18-8-9-19(13-17)29(18)15-20(31)14-28-10-5-11-37(28,35)36/h3-4,6-7,16-20,23,31H,5,8-15H2,1-2H3,(H,27,33)/t17?,18-,19+,20?,23?. The Bertz CT molecular complexity index is 1170. The summed E-state index contributed by atoms with van der Waals surface area (Å²) in [6, 6.07) is 6.86. The number of hydrogen-bond donors (Lipinski definition) is 2. The molecule has 1 aromatic carbocycles. The van der Waals surface area contributed by atoms with Crippen molar-refractivity contribution in [3.8, 4) is 0 Å². The number of Topliss-reactive ketones (excluding diaryl/α,β-unsaturated/α-hetero) is 1. The predicted octanol–water partition coefficient (Wildman–Crippen LogP) is 0.749. The third kappa shape index (κ3) is 4.94. The van der Waals surface area contributed by atoms with Crippen LogP contribution in [0.4, 0.5) is 5.69 Å². The number of nitrogens with one attached hydrogen (secondary N) is 1. The van der Waals surface area contributed by atoms with Crippen molar-refractivity contribution in [1.29, 1.82) is 0 Å². The van der Waals surface area contributed by atoms with E-state index in [2.05, 4.69) is 10.2 Å². The van der Waals surface area contributed by atoms with Gasteiger partial charge >= 0.3 is 0 Å². The van der Waals surface area contributed by atoms with E-state index in [1.165, 1.54) is 9.21 Å². The summed E-state index contributed by atoms with van der Waals surface area (Å²) in [6.45, 7) is 4.68. The first-order valence-electron chi connectivity index (χ1n) is 13.2. The molecule has 0 aromatic heterocycles. The van der Waals surface area contributed by atoms with Crippen LogP contribution in [0.1, 0.15) is 56.3 Å². The fraction of sp³-hybridized carbons (Fsp3) is 0.654. The number of anilines is 1. The Morgan fingerprint density at radius 1 is 1.11 bits per heavy atom. The van der Waals surface area contributed by atoms with Crippen molar-refractivity contribution in [2.75, 3.05) is 30.3 Å². The smallest absolute Gasteiger partial charge is 0.247 e. The number of nitrogens with zero attached hydrogens (tertiary/aromatic N) is 3. The van der Waals surface area contributed by atoms with Gasteiger partial charge in [-0.1, -0.05) is 12.1 Å². The van der Waals surface area contributed by atoms with E-state index in [9.17, 15) is 27.9 Å². The number of fused-ring (bicyclic) bond motifs is 3. The van der Waals surface area contributed by atoms with Gasteiger partial charge in [-0.2, -0.15) is 4.31 Å². The first-order valence-corrected chi connectivity index (χ1v) is 14.9. The van der Waals surface area contributed by atoms with Crippen LogP contribution >= 0.6 is 0 Å². The van der Waals surface area contributed by atoms with Gasteiger partial charge in [-0.05, 0) is 58.1 Å². The van der Waals surface area contributed by atoms with Gasteiger partial charge in [0.2, 0.25) is 21.8 Å². The molecule has 3 saturated heterocycles. The molecule has 0 radical (unpaired) electrons. The van der Waals surface area contributed by atoms with Crippen LogP contribution in [0.25, 0.3) is 0 Å². The van der Waals surface area contributed by atoms with Crippen LogP contribution in [0.2, 0.25) is 0 Å². The molecule has 2 bridgehead atoms. The first kappa shape index (κ1) is 26.3. The third-order valence-corrected chi connectivity index (χ3v) is 10.1.